The molecule has 0 radical (unpaired) electrons. The van der Waals surface area contributed by atoms with Crippen molar-refractivity contribution in [2.45, 2.75) is 0 Å². The number of hydrogen-bond acceptors (Lipinski definition) is 5. The predicted molar refractivity (Wildman–Crippen MR) is 93.5 cm³/mol. The molecular formula is C17H9ClFN3O5. The summed E-state index contributed by atoms with van der Waals surface area (Å²) in [7, 11) is 0. The molecule has 1 aliphatic heterocycles. The Balaban J connectivity index is 2.03. The van der Waals surface area contributed by atoms with E-state index in [2.05, 4.69) is 0 Å². The molecule has 2 aromatic carbocycles. The van der Waals surface area contributed by atoms with Gasteiger partial charge in [0.25, 0.3) is 17.5 Å². The highest BCUT2D eigenvalue weighted by atomic mass is 35.5. The number of anilines is 1. The molecule has 0 saturated carbocycles. The summed E-state index contributed by atoms with van der Waals surface area (Å²) < 4.78 is 13.1. The highest BCUT2D eigenvalue weighted by Crippen LogP contribution is 2.27. The van der Waals surface area contributed by atoms with Crippen molar-refractivity contribution in [2.75, 3.05) is 4.90 Å². The maximum absolute atomic E-state index is 13.1. The van der Waals surface area contributed by atoms with E-state index in [0.717, 1.165) is 24.3 Å². The van der Waals surface area contributed by atoms with Crippen molar-refractivity contribution in [2.24, 2.45) is 0 Å². The van der Waals surface area contributed by atoms with Gasteiger partial charge in [0.1, 0.15) is 16.4 Å². The van der Waals surface area contributed by atoms with Crippen molar-refractivity contribution in [1.29, 1.82) is 0 Å². The number of hydrogen-bond donors (Lipinski definition) is 1. The lowest BCUT2D eigenvalue weighted by molar-refractivity contribution is -0.384. The maximum Gasteiger partial charge on any atom is 0.335 e. The third-order valence-corrected chi connectivity index (χ3v) is 3.98. The van der Waals surface area contributed by atoms with Crippen LogP contribution in [0.1, 0.15) is 5.56 Å². The molecule has 0 atom stereocenters. The molecule has 8 nitrogen and oxygen atoms in total. The SMILES string of the molecule is O=C1NC(=O)N(c2ccc(F)cc2)C(=O)/C1=C/c1ccc(Cl)c([N+](=O)[O-])c1. The minimum absolute atomic E-state index is 0.0550. The molecule has 4 amide bonds. The molecule has 2 aromatic rings. The third-order valence-electron chi connectivity index (χ3n) is 3.66. The highest BCUT2D eigenvalue weighted by molar-refractivity contribution is 6.39. The molecule has 3 rings (SSSR count). The van der Waals surface area contributed by atoms with Gasteiger partial charge in [0.05, 0.1) is 10.6 Å². The lowest BCUT2D eigenvalue weighted by atomic mass is 10.1. The molecule has 0 spiro atoms. The van der Waals surface area contributed by atoms with E-state index in [0.29, 0.717) is 4.90 Å². The van der Waals surface area contributed by atoms with Gasteiger partial charge < -0.3 is 0 Å². The fraction of sp³-hybridized carbons (Fsp3) is 0. The number of nitrogens with one attached hydrogen (secondary N) is 1. The van der Waals surface area contributed by atoms with E-state index in [4.69, 9.17) is 11.6 Å². The van der Waals surface area contributed by atoms with Crippen molar-refractivity contribution >= 4 is 46.9 Å². The van der Waals surface area contributed by atoms with Crippen molar-refractivity contribution in [1.82, 2.24) is 5.32 Å². The van der Waals surface area contributed by atoms with Gasteiger partial charge in [-0.25, -0.2) is 14.1 Å². The van der Waals surface area contributed by atoms with Crippen LogP contribution in [0, 0.1) is 15.9 Å². The Kier molecular flexibility index (Phi) is 4.70. The minimum Gasteiger partial charge on any atom is -0.273 e. The van der Waals surface area contributed by atoms with Gasteiger partial charge in [-0.2, -0.15) is 0 Å². The number of nitro groups is 1. The van der Waals surface area contributed by atoms with Crippen LogP contribution in [-0.4, -0.2) is 22.8 Å². The van der Waals surface area contributed by atoms with Crippen LogP contribution in [0.4, 0.5) is 20.6 Å². The third kappa shape index (κ3) is 3.53. The number of rotatable bonds is 3. The van der Waals surface area contributed by atoms with Crippen molar-refractivity contribution in [3.63, 3.8) is 0 Å². The molecule has 1 heterocycles. The van der Waals surface area contributed by atoms with Crippen LogP contribution in [0.2, 0.25) is 5.02 Å². The van der Waals surface area contributed by atoms with Crippen LogP contribution in [0.5, 0.6) is 0 Å². The van der Waals surface area contributed by atoms with Crippen LogP contribution < -0.4 is 10.2 Å². The van der Waals surface area contributed by atoms with E-state index in [-0.39, 0.29) is 16.3 Å². The van der Waals surface area contributed by atoms with Crippen LogP contribution in [0.15, 0.2) is 48.0 Å². The summed E-state index contributed by atoms with van der Waals surface area (Å²) in [5, 5.41) is 12.9. The van der Waals surface area contributed by atoms with E-state index in [9.17, 15) is 28.9 Å². The van der Waals surface area contributed by atoms with Crippen molar-refractivity contribution in [3.05, 3.63) is 74.6 Å². The zero-order valence-electron chi connectivity index (χ0n) is 13.3. The fourth-order valence-corrected chi connectivity index (χ4v) is 2.59. The summed E-state index contributed by atoms with van der Waals surface area (Å²) in [6, 6.07) is 7.24. The lowest BCUT2D eigenvalue weighted by Gasteiger charge is -2.26. The summed E-state index contributed by atoms with van der Waals surface area (Å²) in [6.45, 7) is 0. The molecule has 0 aliphatic carbocycles. The predicted octanol–water partition coefficient (Wildman–Crippen LogP) is 3.05. The summed E-state index contributed by atoms with van der Waals surface area (Å²) in [5.74, 6) is -2.47. The van der Waals surface area contributed by atoms with Gasteiger partial charge in [0, 0.05) is 6.07 Å². The quantitative estimate of drug-likeness (QED) is 0.375. The van der Waals surface area contributed by atoms with Gasteiger partial charge in [-0.05, 0) is 42.0 Å². The molecular weight excluding hydrogens is 381 g/mol. The second kappa shape index (κ2) is 6.96. The van der Waals surface area contributed by atoms with Gasteiger partial charge in [-0.3, -0.25) is 25.0 Å². The van der Waals surface area contributed by atoms with E-state index in [1.54, 1.807) is 0 Å². The lowest BCUT2D eigenvalue weighted by Crippen LogP contribution is -2.54. The molecule has 1 saturated heterocycles. The van der Waals surface area contributed by atoms with Crippen molar-refractivity contribution in [3.8, 4) is 0 Å². The number of halogens is 2. The number of nitrogens with zero attached hydrogens (tertiary/aromatic N) is 2. The molecule has 27 heavy (non-hydrogen) atoms. The van der Waals surface area contributed by atoms with E-state index < -0.39 is 39.8 Å². The van der Waals surface area contributed by atoms with Crippen LogP contribution >= 0.6 is 11.6 Å². The van der Waals surface area contributed by atoms with Crippen LogP contribution in [-0.2, 0) is 9.59 Å². The molecule has 1 N–H and O–H groups in total. The molecule has 0 bridgehead atoms. The van der Waals surface area contributed by atoms with Gasteiger partial charge in [0.15, 0.2) is 0 Å². The second-order valence-electron chi connectivity index (χ2n) is 5.40. The second-order valence-corrected chi connectivity index (χ2v) is 5.81. The molecule has 136 valence electrons. The smallest absolute Gasteiger partial charge is 0.273 e. The highest BCUT2D eigenvalue weighted by Gasteiger charge is 2.36. The Morgan fingerprint density at radius 2 is 1.78 bits per heavy atom. The number of benzene rings is 2. The number of urea groups is 1. The Hall–Kier alpha value is -3.59. The van der Waals surface area contributed by atoms with E-state index in [1.165, 1.54) is 24.3 Å². The molecule has 1 fully saturated rings. The minimum atomic E-state index is -0.990. The number of barbiturate groups is 1. The summed E-state index contributed by atoms with van der Waals surface area (Å²) in [6.07, 6.45) is 1.10. The van der Waals surface area contributed by atoms with Gasteiger partial charge >= 0.3 is 6.03 Å². The van der Waals surface area contributed by atoms with E-state index in [1.807, 2.05) is 5.32 Å². The summed E-state index contributed by atoms with van der Waals surface area (Å²) in [5.41, 5.74) is -0.603. The zero-order chi connectivity index (χ0) is 19.7. The summed E-state index contributed by atoms with van der Waals surface area (Å²) >= 11 is 5.73. The monoisotopic (exact) mass is 389 g/mol. The number of amides is 4. The Morgan fingerprint density at radius 3 is 2.41 bits per heavy atom. The Bertz CT molecular complexity index is 1020. The maximum atomic E-state index is 13.1. The first kappa shape index (κ1) is 18.2. The molecule has 1 aliphatic rings. The van der Waals surface area contributed by atoms with Gasteiger partial charge in [-0.15, -0.1) is 0 Å². The summed E-state index contributed by atoms with van der Waals surface area (Å²) in [4.78, 5) is 47.7. The normalized spacial score (nSPS) is 15.9. The zero-order valence-corrected chi connectivity index (χ0v) is 14.1. The average molecular weight is 390 g/mol. The van der Waals surface area contributed by atoms with Crippen LogP contribution in [0.25, 0.3) is 6.08 Å². The Morgan fingerprint density at radius 1 is 1.11 bits per heavy atom. The number of carbonyl (C=O) groups excluding carboxylic acids is 3. The molecule has 0 unspecified atom stereocenters. The fourth-order valence-electron chi connectivity index (χ4n) is 2.41. The van der Waals surface area contributed by atoms with Gasteiger partial charge in [-0.1, -0.05) is 17.7 Å². The topological polar surface area (TPSA) is 110 Å². The van der Waals surface area contributed by atoms with Crippen molar-refractivity contribution < 1.29 is 23.7 Å². The van der Waals surface area contributed by atoms with E-state index >= 15 is 0 Å². The average Bonchev–Trinajstić information content (AvgIpc) is 2.61. The standard InChI is InChI=1S/C17H9ClFN3O5/c18-13-6-1-9(8-14(13)22(26)27)7-12-15(23)20-17(25)21(16(12)24)11-4-2-10(19)3-5-11/h1-8H,(H,20,23,25)/b12-7+. The first-order valence-electron chi connectivity index (χ1n) is 7.39. The largest absolute Gasteiger partial charge is 0.335 e. The number of nitro benzene ring substituents is 1. The Labute approximate surface area is 156 Å². The van der Waals surface area contributed by atoms with Crippen LogP contribution in [0.3, 0.4) is 0 Å². The molecule has 0 aromatic heterocycles. The molecule has 10 heteroatoms. The number of carbonyl (C=O) groups is 3. The number of imide groups is 2. The first-order valence-corrected chi connectivity index (χ1v) is 7.76. The van der Waals surface area contributed by atoms with Gasteiger partial charge in [0.2, 0.25) is 0 Å². The first-order chi connectivity index (χ1) is 12.8.